The molecule has 8 nitrogen and oxygen atoms in total. The second kappa shape index (κ2) is 11.2. The average molecular weight is 510 g/mol. The number of nitrogens with zero attached hydrogens (tertiary/aromatic N) is 3. The lowest BCUT2D eigenvalue weighted by Crippen LogP contribution is -2.57. The van der Waals surface area contributed by atoms with Crippen LogP contribution in [0.4, 0.5) is 5.69 Å². The number of rotatable bonds is 12. The van der Waals surface area contributed by atoms with Gasteiger partial charge in [-0.15, -0.1) is 13.2 Å². The minimum Gasteiger partial charge on any atom is -0.396 e. The molecule has 0 aromatic heterocycles. The summed E-state index contributed by atoms with van der Waals surface area (Å²) in [4.78, 5) is 47.2. The molecule has 1 aromatic carbocycles. The zero-order valence-corrected chi connectivity index (χ0v) is 21.9. The van der Waals surface area contributed by atoms with Crippen molar-refractivity contribution in [1.29, 1.82) is 0 Å². The Hall–Kier alpha value is -2.97. The smallest absolute Gasteiger partial charge is 0.248 e. The van der Waals surface area contributed by atoms with Gasteiger partial charge in [0.15, 0.2) is 0 Å². The summed E-state index contributed by atoms with van der Waals surface area (Å²) >= 11 is 0. The van der Waals surface area contributed by atoms with Crippen molar-refractivity contribution >= 4 is 23.4 Å². The molecule has 1 aromatic rings. The quantitative estimate of drug-likeness (QED) is 0.346. The van der Waals surface area contributed by atoms with E-state index in [1.807, 2.05) is 44.2 Å². The molecule has 2 unspecified atom stereocenters. The Morgan fingerprint density at radius 3 is 2.49 bits per heavy atom. The second-order valence-corrected chi connectivity index (χ2v) is 10.5. The number of likely N-dealkylation sites (tertiary alicyclic amines) is 1. The third kappa shape index (κ3) is 4.61. The Bertz CT molecular complexity index is 1030. The number of hydrogen-bond acceptors (Lipinski definition) is 5. The van der Waals surface area contributed by atoms with Gasteiger partial charge < -0.3 is 24.5 Å². The fraction of sp³-hybridized carbons (Fsp3) is 0.552. The molecule has 3 amide bonds. The molecule has 0 saturated carbocycles. The highest BCUT2D eigenvalue weighted by molar-refractivity contribution is 6.03. The highest BCUT2D eigenvalue weighted by Gasteiger charge is 2.74. The maximum atomic E-state index is 14.1. The van der Waals surface area contributed by atoms with Crippen LogP contribution in [0.3, 0.4) is 0 Å². The summed E-state index contributed by atoms with van der Waals surface area (Å²) in [7, 11) is 0. The lowest BCUT2D eigenvalue weighted by atomic mass is 9.70. The van der Waals surface area contributed by atoms with Gasteiger partial charge >= 0.3 is 0 Å². The van der Waals surface area contributed by atoms with Crippen LogP contribution in [0, 0.1) is 11.8 Å². The molecular weight excluding hydrogens is 470 g/mol. The van der Waals surface area contributed by atoms with E-state index in [0.717, 1.165) is 5.69 Å². The number of anilines is 1. The SMILES string of the molecule is C=CCN(C(=O)[C@@H]1[C@H]2C(=O)N(CCCCO)C(C(=O)N(CC=C)C(C)C)C23CC[C@H]1O3)c1ccccc1. The molecular formula is C29H39N3O5. The molecule has 2 bridgehead atoms. The van der Waals surface area contributed by atoms with Gasteiger partial charge in [-0.2, -0.15) is 0 Å². The van der Waals surface area contributed by atoms with E-state index in [4.69, 9.17) is 4.74 Å². The number of benzene rings is 1. The van der Waals surface area contributed by atoms with Crippen LogP contribution >= 0.6 is 0 Å². The largest absolute Gasteiger partial charge is 0.396 e. The normalized spacial score (nSPS) is 27.9. The van der Waals surface area contributed by atoms with Gasteiger partial charge in [0.05, 0.1) is 17.9 Å². The van der Waals surface area contributed by atoms with Crippen LogP contribution in [0.15, 0.2) is 55.6 Å². The van der Waals surface area contributed by atoms with Gasteiger partial charge in [-0.3, -0.25) is 14.4 Å². The molecule has 200 valence electrons. The minimum atomic E-state index is -1.04. The highest BCUT2D eigenvalue weighted by atomic mass is 16.5. The lowest BCUT2D eigenvalue weighted by Gasteiger charge is -2.38. The maximum Gasteiger partial charge on any atom is 0.248 e. The lowest BCUT2D eigenvalue weighted by molar-refractivity contribution is -0.149. The van der Waals surface area contributed by atoms with Crippen molar-refractivity contribution in [2.75, 3.05) is 31.1 Å². The van der Waals surface area contributed by atoms with E-state index < -0.39 is 29.6 Å². The first-order valence-electron chi connectivity index (χ1n) is 13.3. The predicted molar refractivity (Wildman–Crippen MR) is 142 cm³/mol. The van der Waals surface area contributed by atoms with Crippen molar-refractivity contribution in [3.8, 4) is 0 Å². The number of ether oxygens (including phenoxy) is 1. The molecule has 3 aliphatic rings. The van der Waals surface area contributed by atoms with Crippen LogP contribution in [0.5, 0.6) is 0 Å². The van der Waals surface area contributed by atoms with Crippen LogP contribution < -0.4 is 4.90 Å². The van der Waals surface area contributed by atoms with Crippen molar-refractivity contribution in [1.82, 2.24) is 9.80 Å². The van der Waals surface area contributed by atoms with Crippen LogP contribution in [-0.2, 0) is 19.1 Å². The van der Waals surface area contributed by atoms with Crippen LogP contribution in [-0.4, -0.2) is 82.7 Å². The molecule has 3 heterocycles. The number of amides is 3. The van der Waals surface area contributed by atoms with E-state index in [2.05, 4.69) is 13.2 Å². The zero-order valence-electron chi connectivity index (χ0n) is 21.9. The molecule has 37 heavy (non-hydrogen) atoms. The summed E-state index contributed by atoms with van der Waals surface area (Å²) in [5.74, 6) is -1.95. The van der Waals surface area contributed by atoms with Gasteiger partial charge in [0.2, 0.25) is 17.7 Å². The fourth-order valence-corrected chi connectivity index (χ4v) is 6.44. The van der Waals surface area contributed by atoms with E-state index in [9.17, 15) is 19.5 Å². The number of hydrogen-bond donors (Lipinski definition) is 1. The molecule has 4 rings (SSSR count). The number of carbonyl (C=O) groups is 3. The number of carbonyl (C=O) groups excluding carboxylic acids is 3. The minimum absolute atomic E-state index is 0.0110. The van der Waals surface area contributed by atoms with E-state index in [1.165, 1.54) is 0 Å². The molecule has 0 aliphatic carbocycles. The van der Waals surface area contributed by atoms with Gasteiger partial charge in [-0.25, -0.2) is 0 Å². The highest BCUT2D eigenvalue weighted by Crippen LogP contribution is 2.59. The standard InChI is InChI=1S/C29H39N3O5/c1-5-16-30(20(3)4)28(36)25-29-15-14-22(37-29)23(24(29)27(35)32(25)18-10-11-19-33)26(34)31(17-6-2)21-12-8-7-9-13-21/h5-9,12-13,20,22-25,33H,1-2,10-11,14-19H2,3-4H3/t22-,23+,24+,25?,29?/m1/s1. The molecule has 1 N–H and O–H groups in total. The third-order valence-corrected chi connectivity index (χ3v) is 8.00. The van der Waals surface area contributed by atoms with Gasteiger partial charge in [0.1, 0.15) is 11.6 Å². The number of aliphatic hydroxyl groups excluding tert-OH is 1. The molecule has 3 aliphatic heterocycles. The van der Waals surface area contributed by atoms with E-state index in [-0.39, 0.29) is 30.4 Å². The van der Waals surface area contributed by atoms with Gasteiger partial charge in [0, 0.05) is 38.0 Å². The van der Waals surface area contributed by atoms with Crippen molar-refractivity contribution in [2.24, 2.45) is 11.8 Å². The predicted octanol–water partition coefficient (Wildman–Crippen LogP) is 2.78. The second-order valence-electron chi connectivity index (χ2n) is 10.5. The van der Waals surface area contributed by atoms with Crippen LogP contribution in [0.2, 0.25) is 0 Å². The Morgan fingerprint density at radius 1 is 1.16 bits per heavy atom. The molecule has 5 atom stereocenters. The fourth-order valence-electron chi connectivity index (χ4n) is 6.44. The topological polar surface area (TPSA) is 90.4 Å². The van der Waals surface area contributed by atoms with Crippen molar-refractivity contribution in [3.05, 3.63) is 55.6 Å². The summed E-state index contributed by atoms with van der Waals surface area (Å²) < 4.78 is 6.57. The average Bonchev–Trinajstić information content (AvgIpc) is 3.53. The monoisotopic (exact) mass is 509 g/mol. The Labute approximate surface area is 219 Å². The third-order valence-electron chi connectivity index (χ3n) is 8.00. The van der Waals surface area contributed by atoms with E-state index >= 15 is 0 Å². The Kier molecular flexibility index (Phi) is 8.19. The van der Waals surface area contributed by atoms with Crippen LogP contribution in [0.25, 0.3) is 0 Å². The van der Waals surface area contributed by atoms with Gasteiger partial charge in [-0.05, 0) is 51.7 Å². The zero-order chi connectivity index (χ0) is 26.7. The van der Waals surface area contributed by atoms with Crippen molar-refractivity contribution in [2.45, 2.75) is 63.3 Å². The summed E-state index contributed by atoms with van der Waals surface area (Å²) in [6, 6.07) is 8.47. The summed E-state index contributed by atoms with van der Waals surface area (Å²) in [6.45, 7) is 12.5. The Balaban J connectivity index is 1.73. The summed E-state index contributed by atoms with van der Waals surface area (Å²) in [5.41, 5.74) is -0.303. The first kappa shape index (κ1) is 27.1. The summed E-state index contributed by atoms with van der Waals surface area (Å²) in [5, 5.41) is 9.34. The number of fused-ring (bicyclic) bond motifs is 1. The van der Waals surface area contributed by atoms with Crippen molar-refractivity contribution < 1.29 is 24.2 Å². The van der Waals surface area contributed by atoms with Crippen LogP contribution in [0.1, 0.15) is 39.5 Å². The first-order chi connectivity index (χ1) is 17.8. The van der Waals surface area contributed by atoms with Gasteiger partial charge in [-0.1, -0.05) is 30.4 Å². The number of aliphatic hydroxyl groups is 1. The Morgan fingerprint density at radius 2 is 1.86 bits per heavy atom. The molecule has 8 heteroatoms. The number of unbranched alkanes of at least 4 members (excludes halogenated alkanes) is 1. The number of para-hydroxylation sites is 1. The van der Waals surface area contributed by atoms with E-state index in [1.54, 1.807) is 26.9 Å². The van der Waals surface area contributed by atoms with Crippen molar-refractivity contribution in [3.63, 3.8) is 0 Å². The molecule has 0 radical (unpaired) electrons. The first-order valence-corrected chi connectivity index (χ1v) is 13.3. The molecule has 3 fully saturated rings. The maximum absolute atomic E-state index is 14.1. The van der Waals surface area contributed by atoms with E-state index in [0.29, 0.717) is 45.3 Å². The molecule has 3 saturated heterocycles. The summed E-state index contributed by atoms with van der Waals surface area (Å²) in [6.07, 6.45) is 5.20. The molecule has 1 spiro atoms. The van der Waals surface area contributed by atoms with Gasteiger partial charge in [0.25, 0.3) is 0 Å².